The van der Waals surface area contributed by atoms with Crippen LogP contribution in [-0.4, -0.2) is 42.9 Å². The third-order valence-corrected chi connectivity index (χ3v) is 5.12. The summed E-state index contributed by atoms with van der Waals surface area (Å²) in [7, 11) is 0. The van der Waals surface area contributed by atoms with Crippen molar-refractivity contribution in [3.63, 3.8) is 0 Å². The maximum atomic E-state index is 12.7. The lowest BCUT2D eigenvalue weighted by molar-refractivity contribution is -0.126. The van der Waals surface area contributed by atoms with Crippen LogP contribution in [0.25, 0.3) is 10.1 Å². The van der Waals surface area contributed by atoms with E-state index in [0.717, 1.165) is 18.2 Å². The zero-order valence-corrected chi connectivity index (χ0v) is 13.8. The van der Waals surface area contributed by atoms with Gasteiger partial charge in [-0.25, -0.2) is 0 Å². The van der Waals surface area contributed by atoms with Crippen molar-refractivity contribution in [1.29, 1.82) is 0 Å². The first-order valence-corrected chi connectivity index (χ1v) is 8.81. The number of piperidine rings is 1. The largest absolute Gasteiger partial charge is 0.355 e. The summed E-state index contributed by atoms with van der Waals surface area (Å²) >= 11 is 1.67. The van der Waals surface area contributed by atoms with Crippen LogP contribution in [-0.2, 0) is 4.79 Å². The van der Waals surface area contributed by atoms with E-state index in [1.807, 2.05) is 29.6 Å². The lowest BCUT2D eigenvalue weighted by atomic mass is 9.96. The van der Waals surface area contributed by atoms with Crippen molar-refractivity contribution >= 4 is 33.2 Å². The smallest absolute Gasteiger partial charge is 0.253 e. The fourth-order valence-electron chi connectivity index (χ4n) is 3.00. The molecule has 0 bridgehead atoms. The summed E-state index contributed by atoms with van der Waals surface area (Å²) in [5.74, 6) is -0.125. The Kier molecular flexibility index (Phi) is 4.93. The van der Waals surface area contributed by atoms with E-state index in [2.05, 4.69) is 5.32 Å². The highest BCUT2D eigenvalue weighted by atomic mass is 32.1. The van der Waals surface area contributed by atoms with Crippen LogP contribution < -0.4 is 11.1 Å². The minimum absolute atomic E-state index is 0.00115. The van der Waals surface area contributed by atoms with Gasteiger partial charge in [0.15, 0.2) is 0 Å². The number of benzene rings is 1. The fraction of sp³-hybridized carbons (Fsp3) is 0.412. The summed E-state index contributed by atoms with van der Waals surface area (Å²) in [6, 6.07) is 7.82. The van der Waals surface area contributed by atoms with Crippen LogP contribution in [0, 0.1) is 5.92 Å². The first kappa shape index (κ1) is 16.0. The van der Waals surface area contributed by atoms with Crippen LogP contribution in [0.5, 0.6) is 0 Å². The Balaban J connectivity index is 1.70. The van der Waals surface area contributed by atoms with Gasteiger partial charge in [0.25, 0.3) is 5.91 Å². The van der Waals surface area contributed by atoms with Gasteiger partial charge < -0.3 is 16.0 Å². The fourth-order valence-corrected chi connectivity index (χ4v) is 3.77. The van der Waals surface area contributed by atoms with E-state index in [1.54, 1.807) is 16.2 Å². The molecule has 23 heavy (non-hydrogen) atoms. The average Bonchev–Trinajstić information content (AvgIpc) is 3.06. The van der Waals surface area contributed by atoms with Crippen LogP contribution in [0.15, 0.2) is 29.6 Å². The topological polar surface area (TPSA) is 75.4 Å². The third-order valence-electron chi connectivity index (χ3n) is 4.22. The number of nitrogens with zero attached hydrogens (tertiary/aromatic N) is 1. The molecule has 0 aliphatic carbocycles. The predicted molar refractivity (Wildman–Crippen MR) is 92.5 cm³/mol. The van der Waals surface area contributed by atoms with Crippen molar-refractivity contribution in [2.75, 3.05) is 26.2 Å². The molecule has 1 saturated heterocycles. The minimum atomic E-state index is -0.135. The Morgan fingerprint density at radius 1 is 1.35 bits per heavy atom. The molecule has 1 aliphatic heterocycles. The maximum absolute atomic E-state index is 12.7. The summed E-state index contributed by atoms with van der Waals surface area (Å²) in [6.45, 7) is 2.11. The molecule has 1 atom stereocenters. The SMILES string of the molecule is NCCNC(=O)C1CCCN(C(=O)c2ccc3sccc3c2)C1. The lowest BCUT2D eigenvalue weighted by Crippen LogP contribution is -2.46. The Morgan fingerprint density at radius 3 is 3.04 bits per heavy atom. The molecular weight excluding hydrogens is 310 g/mol. The minimum Gasteiger partial charge on any atom is -0.355 e. The standard InChI is InChI=1S/C17H21N3O2S/c18-6-7-19-16(21)14-2-1-8-20(11-14)17(22)13-3-4-15-12(10-13)5-9-23-15/h3-5,9-10,14H,1-2,6-8,11,18H2,(H,19,21). The molecule has 1 unspecified atom stereocenters. The molecule has 1 aromatic heterocycles. The monoisotopic (exact) mass is 331 g/mol. The molecule has 5 nitrogen and oxygen atoms in total. The van der Waals surface area contributed by atoms with Crippen LogP contribution in [0.2, 0.25) is 0 Å². The van der Waals surface area contributed by atoms with Gasteiger partial charge in [0.1, 0.15) is 0 Å². The van der Waals surface area contributed by atoms with Gasteiger partial charge >= 0.3 is 0 Å². The number of hydrogen-bond donors (Lipinski definition) is 2. The molecule has 0 spiro atoms. The molecule has 2 aromatic rings. The summed E-state index contributed by atoms with van der Waals surface area (Å²) in [4.78, 5) is 26.6. The number of fused-ring (bicyclic) bond motifs is 1. The number of hydrogen-bond acceptors (Lipinski definition) is 4. The zero-order valence-electron chi connectivity index (χ0n) is 13.0. The van der Waals surface area contributed by atoms with Gasteiger partial charge in [-0.1, -0.05) is 0 Å². The van der Waals surface area contributed by atoms with Crippen molar-refractivity contribution in [3.05, 3.63) is 35.2 Å². The van der Waals surface area contributed by atoms with Gasteiger partial charge in [-0.05, 0) is 47.9 Å². The van der Waals surface area contributed by atoms with Gasteiger partial charge in [0.2, 0.25) is 5.91 Å². The van der Waals surface area contributed by atoms with Crippen LogP contribution >= 0.6 is 11.3 Å². The van der Waals surface area contributed by atoms with Gasteiger partial charge in [-0.15, -0.1) is 11.3 Å². The Morgan fingerprint density at radius 2 is 2.22 bits per heavy atom. The van der Waals surface area contributed by atoms with E-state index < -0.39 is 0 Å². The first-order chi connectivity index (χ1) is 11.2. The predicted octanol–water partition coefficient (Wildman–Crippen LogP) is 1.83. The van der Waals surface area contributed by atoms with E-state index in [4.69, 9.17) is 5.73 Å². The van der Waals surface area contributed by atoms with Crippen molar-refractivity contribution in [1.82, 2.24) is 10.2 Å². The zero-order chi connectivity index (χ0) is 16.2. The Labute approximate surface area is 139 Å². The van der Waals surface area contributed by atoms with Crippen LogP contribution in [0.1, 0.15) is 23.2 Å². The second-order valence-corrected chi connectivity index (χ2v) is 6.79. The van der Waals surface area contributed by atoms with Gasteiger partial charge in [0.05, 0.1) is 5.92 Å². The molecule has 1 aliphatic rings. The summed E-state index contributed by atoms with van der Waals surface area (Å²) in [5, 5.41) is 5.94. The van der Waals surface area contributed by atoms with Gasteiger partial charge in [-0.2, -0.15) is 0 Å². The summed E-state index contributed by atoms with van der Waals surface area (Å²) < 4.78 is 1.18. The molecule has 3 rings (SSSR count). The molecule has 3 N–H and O–H groups in total. The number of carbonyl (C=O) groups excluding carboxylic acids is 2. The second-order valence-electron chi connectivity index (χ2n) is 5.84. The van der Waals surface area contributed by atoms with Crippen LogP contribution in [0.4, 0.5) is 0 Å². The van der Waals surface area contributed by atoms with Crippen molar-refractivity contribution in [3.8, 4) is 0 Å². The normalized spacial score (nSPS) is 18.1. The number of nitrogens with one attached hydrogen (secondary N) is 1. The highest BCUT2D eigenvalue weighted by Crippen LogP contribution is 2.24. The molecule has 6 heteroatoms. The number of thiophene rings is 1. The number of likely N-dealkylation sites (tertiary alicyclic amines) is 1. The molecule has 2 amide bonds. The number of amides is 2. The maximum Gasteiger partial charge on any atom is 0.253 e. The van der Waals surface area contributed by atoms with E-state index in [0.29, 0.717) is 31.7 Å². The summed E-state index contributed by atoms with van der Waals surface area (Å²) in [5.41, 5.74) is 6.11. The van der Waals surface area contributed by atoms with Crippen molar-refractivity contribution < 1.29 is 9.59 Å². The molecule has 1 fully saturated rings. The highest BCUT2D eigenvalue weighted by Gasteiger charge is 2.28. The molecule has 0 radical (unpaired) electrons. The number of nitrogens with two attached hydrogens (primary N) is 1. The highest BCUT2D eigenvalue weighted by molar-refractivity contribution is 7.17. The average molecular weight is 331 g/mol. The number of carbonyl (C=O) groups is 2. The molecular formula is C17H21N3O2S. The Hall–Kier alpha value is -1.92. The summed E-state index contributed by atoms with van der Waals surface area (Å²) in [6.07, 6.45) is 1.68. The first-order valence-electron chi connectivity index (χ1n) is 7.93. The van der Waals surface area contributed by atoms with Crippen molar-refractivity contribution in [2.24, 2.45) is 11.7 Å². The number of rotatable bonds is 4. The molecule has 122 valence electrons. The van der Waals surface area contributed by atoms with E-state index in [1.165, 1.54) is 4.70 Å². The van der Waals surface area contributed by atoms with E-state index in [9.17, 15) is 9.59 Å². The van der Waals surface area contributed by atoms with Crippen molar-refractivity contribution in [2.45, 2.75) is 12.8 Å². The molecule has 0 saturated carbocycles. The van der Waals surface area contributed by atoms with E-state index in [-0.39, 0.29) is 17.7 Å². The quantitative estimate of drug-likeness (QED) is 0.897. The third kappa shape index (κ3) is 3.54. The van der Waals surface area contributed by atoms with Gasteiger partial charge in [-0.3, -0.25) is 9.59 Å². The molecule has 2 heterocycles. The van der Waals surface area contributed by atoms with E-state index >= 15 is 0 Å². The molecule has 1 aromatic carbocycles. The Bertz CT molecular complexity index is 713. The van der Waals surface area contributed by atoms with Gasteiger partial charge in [0, 0.05) is 36.4 Å². The lowest BCUT2D eigenvalue weighted by Gasteiger charge is -2.32. The second kappa shape index (κ2) is 7.10. The van der Waals surface area contributed by atoms with Crippen LogP contribution in [0.3, 0.4) is 0 Å².